The normalized spacial score (nSPS) is 23.4. The molecule has 1 aliphatic rings. The van der Waals surface area contributed by atoms with Crippen LogP contribution in [0.15, 0.2) is 9.85 Å². The molecule has 0 spiro atoms. The fourth-order valence-corrected chi connectivity index (χ4v) is 4.04. The van der Waals surface area contributed by atoms with Gasteiger partial charge in [-0.1, -0.05) is 6.92 Å². The number of piperidine rings is 1. The van der Waals surface area contributed by atoms with Crippen molar-refractivity contribution in [1.82, 2.24) is 4.90 Å². The van der Waals surface area contributed by atoms with Crippen LogP contribution in [0.2, 0.25) is 0 Å². The highest BCUT2D eigenvalue weighted by Crippen LogP contribution is 2.31. The van der Waals surface area contributed by atoms with Crippen molar-refractivity contribution in [2.24, 2.45) is 11.8 Å². The molecule has 104 valence electrons. The molecule has 2 atom stereocenters. The minimum atomic E-state index is -0.814. The maximum absolute atomic E-state index is 12.5. The maximum atomic E-state index is 12.5. The van der Waals surface area contributed by atoms with Crippen molar-refractivity contribution in [3.05, 3.63) is 20.3 Å². The number of halogens is 1. The van der Waals surface area contributed by atoms with Gasteiger partial charge < -0.3 is 10.0 Å². The van der Waals surface area contributed by atoms with Crippen LogP contribution in [0.1, 0.15) is 28.6 Å². The van der Waals surface area contributed by atoms with Gasteiger partial charge in [-0.05, 0) is 46.1 Å². The van der Waals surface area contributed by atoms with Crippen molar-refractivity contribution < 1.29 is 14.7 Å². The molecule has 0 bridgehead atoms. The topological polar surface area (TPSA) is 57.6 Å². The Bertz CT molecular complexity index is 514. The summed E-state index contributed by atoms with van der Waals surface area (Å²) in [4.78, 5) is 25.9. The Morgan fingerprint density at radius 2 is 2.16 bits per heavy atom. The van der Waals surface area contributed by atoms with Crippen LogP contribution < -0.4 is 0 Å². The second-order valence-corrected chi connectivity index (χ2v) is 6.82. The van der Waals surface area contributed by atoms with Gasteiger partial charge in [-0.3, -0.25) is 9.59 Å². The number of carbonyl (C=O) groups excluding carboxylic acids is 1. The highest BCUT2D eigenvalue weighted by atomic mass is 79.9. The predicted molar refractivity (Wildman–Crippen MR) is 77.6 cm³/mol. The summed E-state index contributed by atoms with van der Waals surface area (Å²) in [7, 11) is 0. The van der Waals surface area contributed by atoms with Gasteiger partial charge in [0.2, 0.25) is 0 Å². The van der Waals surface area contributed by atoms with E-state index in [2.05, 4.69) is 15.9 Å². The average molecular weight is 346 g/mol. The van der Waals surface area contributed by atoms with Gasteiger partial charge >= 0.3 is 5.97 Å². The molecule has 0 radical (unpaired) electrons. The van der Waals surface area contributed by atoms with E-state index in [-0.39, 0.29) is 11.8 Å². The maximum Gasteiger partial charge on any atom is 0.308 e. The number of carbonyl (C=O) groups is 2. The number of nitrogens with zero attached hydrogens (tertiary/aromatic N) is 1. The quantitative estimate of drug-likeness (QED) is 0.896. The SMILES string of the molecule is Cc1csc(C(=O)N2CC(C)CC(C(=O)O)C2)c1Br. The molecule has 6 heteroatoms. The third-order valence-electron chi connectivity index (χ3n) is 3.39. The van der Waals surface area contributed by atoms with E-state index in [1.165, 1.54) is 11.3 Å². The largest absolute Gasteiger partial charge is 0.481 e. The summed E-state index contributed by atoms with van der Waals surface area (Å²) in [6, 6.07) is 0. The summed E-state index contributed by atoms with van der Waals surface area (Å²) < 4.78 is 0.826. The third kappa shape index (κ3) is 3.00. The number of rotatable bonds is 2. The Kier molecular flexibility index (Phi) is 4.30. The molecule has 1 aliphatic heterocycles. The highest BCUT2D eigenvalue weighted by molar-refractivity contribution is 9.10. The van der Waals surface area contributed by atoms with Gasteiger partial charge in [-0.25, -0.2) is 0 Å². The Morgan fingerprint density at radius 1 is 1.47 bits per heavy atom. The van der Waals surface area contributed by atoms with Crippen molar-refractivity contribution in [2.45, 2.75) is 20.3 Å². The van der Waals surface area contributed by atoms with Crippen molar-refractivity contribution in [3.8, 4) is 0 Å². The monoisotopic (exact) mass is 345 g/mol. The first-order chi connectivity index (χ1) is 8.90. The van der Waals surface area contributed by atoms with Crippen LogP contribution in [0.3, 0.4) is 0 Å². The summed E-state index contributed by atoms with van der Waals surface area (Å²) in [5.74, 6) is -1.11. The molecule has 19 heavy (non-hydrogen) atoms. The van der Waals surface area contributed by atoms with Crippen LogP contribution in [0.4, 0.5) is 0 Å². The van der Waals surface area contributed by atoms with Crippen molar-refractivity contribution >= 4 is 39.1 Å². The summed E-state index contributed by atoms with van der Waals surface area (Å²) in [6.45, 7) is 4.87. The number of amides is 1. The molecule has 1 aromatic rings. The molecule has 0 aromatic carbocycles. The first-order valence-corrected chi connectivity index (χ1v) is 7.83. The molecule has 1 amide bonds. The first-order valence-electron chi connectivity index (χ1n) is 6.15. The van der Waals surface area contributed by atoms with Gasteiger partial charge in [0.1, 0.15) is 4.88 Å². The molecule has 2 rings (SSSR count). The van der Waals surface area contributed by atoms with Crippen LogP contribution in [-0.2, 0) is 4.79 Å². The van der Waals surface area contributed by atoms with E-state index in [9.17, 15) is 9.59 Å². The van der Waals surface area contributed by atoms with Gasteiger partial charge in [0.25, 0.3) is 5.91 Å². The lowest BCUT2D eigenvalue weighted by Gasteiger charge is -2.34. The molecule has 0 saturated carbocycles. The molecule has 0 aliphatic carbocycles. The van der Waals surface area contributed by atoms with Crippen molar-refractivity contribution in [3.63, 3.8) is 0 Å². The van der Waals surface area contributed by atoms with Crippen LogP contribution in [0, 0.1) is 18.8 Å². The first kappa shape index (κ1) is 14.5. The van der Waals surface area contributed by atoms with E-state index < -0.39 is 11.9 Å². The molecule has 1 fully saturated rings. The second-order valence-electron chi connectivity index (χ2n) is 5.15. The van der Waals surface area contributed by atoms with Gasteiger partial charge in [-0.15, -0.1) is 11.3 Å². The van der Waals surface area contributed by atoms with Gasteiger partial charge in [-0.2, -0.15) is 0 Å². The third-order valence-corrected chi connectivity index (χ3v) is 5.76. The number of thiophene rings is 1. The Labute approximate surface area is 124 Å². The molecule has 1 saturated heterocycles. The number of carboxylic acids is 1. The van der Waals surface area contributed by atoms with Gasteiger partial charge in [0.05, 0.1) is 5.92 Å². The predicted octanol–water partition coefficient (Wildman–Crippen LogP) is 3.00. The lowest BCUT2D eigenvalue weighted by Crippen LogP contribution is -2.45. The van der Waals surface area contributed by atoms with Gasteiger partial charge in [0.15, 0.2) is 0 Å². The standard InChI is InChI=1S/C13H16BrNO3S/c1-7-3-9(13(17)18)5-15(4-7)12(16)11-10(14)8(2)6-19-11/h6-7,9H,3-5H2,1-2H3,(H,17,18). The van der Waals surface area contributed by atoms with E-state index in [0.29, 0.717) is 24.4 Å². The Balaban J connectivity index is 2.19. The number of hydrogen-bond acceptors (Lipinski definition) is 3. The molecule has 1 aromatic heterocycles. The molecule has 1 N–H and O–H groups in total. The molecule has 2 unspecified atom stereocenters. The van der Waals surface area contributed by atoms with E-state index >= 15 is 0 Å². The highest BCUT2D eigenvalue weighted by Gasteiger charge is 2.33. The molecule has 2 heterocycles. The van der Waals surface area contributed by atoms with Gasteiger partial charge in [0, 0.05) is 17.6 Å². The lowest BCUT2D eigenvalue weighted by molar-refractivity contribution is -0.143. The van der Waals surface area contributed by atoms with E-state index in [1.54, 1.807) is 4.90 Å². The smallest absolute Gasteiger partial charge is 0.308 e. The summed E-state index contributed by atoms with van der Waals surface area (Å²) in [6.07, 6.45) is 0.643. The number of likely N-dealkylation sites (tertiary alicyclic amines) is 1. The zero-order valence-corrected chi connectivity index (χ0v) is 13.3. The zero-order valence-electron chi connectivity index (χ0n) is 10.9. The summed E-state index contributed by atoms with van der Waals surface area (Å²) >= 11 is 4.83. The average Bonchev–Trinajstić information content (AvgIpc) is 2.68. The van der Waals surface area contributed by atoms with Crippen LogP contribution in [0.5, 0.6) is 0 Å². The van der Waals surface area contributed by atoms with E-state index in [0.717, 1.165) is 10.0 Å². The number of aliphatic carboxylic acids is 1. The van der Waals surface area contributed by atoms with Crippen LogP contribution in [0.25, 0.3) is 0 Å². The number of aryl methyl sites for hydroxylation is 1. The van der Waals surface area contributed by atoms with Crippen molar-refractivity contribution in [2.75, 3.05) is 13.1 Å². The van der Waals surface area contributed by atoms with Crippen molar-refractivity contribution in [1.29, 1.82) is 0 Å². The Morgan fingerprint density at radius 3 is 2.68 bits per heavy atom. The zero-order chi connectivity index (χ0) is 14.2. The summed E-state index contributed by atoms with van der Waals surface area (Å²) in [5, 5.41) is 11.1. The lowest BCUT2D eigenvalue weighted by atomic mass is 9.90. The number of carboxylic acid groups (broad SMARTS) is 1. The van der Waals surface area contributed by atoms with E-state index in [1.807, 2.05) is 19.2 Å². The van der Waals surface area contributed by atoms with Crippen LogP contribution in [-0.4, -0.2) is 35.0 Å². The van der Waals surface area contributed by atoms with E-state index in [4.69, 9.17) is 5.11 Å². The summed E-state index contributed by atoms with van der Waals surface area (Å²) in [5.41, 5.74) is 1.04. The molecular formula is C13H16BrNO3S. The van der Waals surface area contributed by atoms with Crippen LogP contribution >= 0.6 is 27.3 Å². The fourth-order valence-electron chi connectivity index (χ4n) is 2.41. The fraction of sp³-hybridized carbons (Fsp3) is 0.538. The number of hydrogen-bond donors (Lipinski definition) is 1. The molecular weight excluding hydrogens is 330 g/mol. The molecule has 4 nitrogen and oxygen atoms in total. The Hall–Kier alpha value is -0.880. The minimum absolute atomic E-state index is 0.0669. The second kappa shape index (κ2) is 5.63. The minimum Gasteiger partial charge on any atom is -0.481 e.